The lowest BCUT2D eigenvalue weighted by atomic mass is 10.2. The van der Waals surface area contributed by atoms with Crippen molar-refractivity contribution in [2.24, 2.45) is 0 Å². The average molecular weight is 384 g/mol. The van der Waals surface area contributed by atoms with Gasteiger partial charge in [0.15, 0.2) is 6.61 Å². The molecule has 0 radical (unpaired) electrons. The van der Waals surface area contributed by atoms with Crippen LogP contribution in [-0.4, -0.2) is 10.2 Å². The lowest BCUT2D eigenvalue weighted by molar-refractivity contribution is 0.264. The van der Waals surface area contributed by atoms with E-state index in [1.807, 2.05) is 26.0 Å². The first kappa shape index (κ1) is 15.1. The van der Waals surface area contributed by atoms with Crippen LogP contribution < -0.4 is 4.74 Å². The highest BCUT2D eigenvalue weighted by Crippen LogP contribution is 2.29. The third kappa shape index (κ3) is 3.18. The molecule has 0 saturated heterocycles. The fraction of sp³-hybridized carbons (Fsp3) is 0.200. The van der Waals surface area contributed by atoms with Gasteiger partial charge in [-0.05, 0) is 38.1 Å². The maximum Gasteiger partial charge on any atom is 0.254 e. The maximum absolute atomic E-state index is 6.09. The number of ether oxygens (including phenoxy) is 1. The summed E-state index contributed by atoms with van der Waals surface area (Å²) in [4.78, 5) is 0. The molecule has 0 spiro atoms. The van der Waals surface area contributed by atoms with Crippen molar-refractivity contribution in [3.05, 3.63) is 51.2 Å². The first-order valence-corrected chi connectivity index (χ1v) is 7.67. The largest absolute Gasteiger partial charge is 0.482 e. The van der Waals surface area contributed by atoms with Gasteiger partial charge in [-0.2, -0.15) is 0 Å². The highest BCUT2D eigenvalue weighted by Gasteiger charge is 2.15. The van der Waals surface area contributed by atoms with Crippen LogP contribution in [0.4, 0.5) is 0 Å². The number of rotatable bonds is 4. The Morgan fingerprint density at radius 1 is 1.18 bits per heavy atom. The van der Waals surface area contributed by atoms with Gasteiger partial charge < -0.3 is 13.6 Å². The van der Waals surface area contributed by atoms with E-state index in [0.29, 0.717) is 22.6 Å². The van der Waals surface area contributed by atoms with Crippen molar-refractivity contribution in [1.82, 2.24) is 10.2 Å². The van der Waals surface area contributed by atoms with E-state index in [1.54, 1.807) is 12.1 Å². The highest BCUT2D eigenvalue weighted by atomic mass is 79.9. The number of nitrogens with zero attached hydrogens (tertiary/aromatic N) is 2. The number of aryl methyl sites for hydroxylation is 2. The number of hydrogen-bond donors (Lipinski definition) is 0. The third-order valence-electron chi connectivity index (χ3n) is 2.98. The Labute approximate surface area is 140 Å². The Balaban J connectivity index is 1.73. The Morgan fingerprint density at radius 2 is 2.00 bits per heavy atom. The van der Waals surface area contributed by atoms with E-state index < -0.39 is 0 Å². The fourth-order valence-electron chi connectivity index (χ4n) is 2.00. The predicted molar refractivity (Wildman–Crippen MR) is 85.0 cm³/mol. The quantitative estimate of drug-likeness (QED) is 0.638. The summed E-state index contributed by atoms with van der Waals surface area (Å²) in [6.45, 7) is 3.86. The predicted octanol–water partition coefficient (Wildman–Crippen LogP) is 4.94. The molecule has 1 aromatic carbocycles. The Bertz CT molecular complexity index is 813. The molecule has 0 aliphatic rings. The Morgan fingerprint density at radius 3 is 2.68 bits per heavy atom. The summed E-state index contributed by atoms with van der Waals surface area (Å²) < 4.78 is 17.5. The molecular weight excluding hydrogens is 372 g/mol. The number of hydrogen-bond acceptors (Lipinski definition) is 5. The van der Waals surface area contributed by atoms with Crippen LogP contribution in [0.3, 0.4) is 0 Å². The van der Waals surface area contributed by atoms with Gasteiger partial charge in [-0.25, -0.2) is 0 Å². The van der Waals surface area contributed by atoms with Crippen molar-refractivity contribution in [2.75, 3.05) is 0 Å². The van der Waals surface area contributed by atoms with Crippen molar-refractivity contribution in [3.8, 4) is 17.2 Å². The van der Waals surface area contributed by atoms with Crippen LogP contribution in [0.2, 0.25) is 5.02 Å². The van der Waals surface area contributed by atoms with E-state index in [4.69, 9.17) is 25.2 Å². The van der Waals surface area contributed by atoms with Crippen LogP contribution in [0.5, 0.6) is 5.75 Å². The van der Waals surface area contributed by atoms with E-state index >= 15 is 0 Å². The van der Waals surface area contributed by atoms with Crippen LogP contribution >= 0.6 is 27.5 Å². The maximum atomic E-state index is 6.09. The average Bonchev–Trinajstić information content (AvgIpc) is 3.04. The van der Waals surface area contributed by atoms with Gasteiger partial charge in [-0.15, -0.1) is 10.2 Å². The second-order valence-electron chi connectivity index (χ2n) is 4.69. The van der Waals surface area contributed by atoms with E-state index in [0.717, 1.165) is 21.6 Å². The zero-order valence-corrected chi connectivity index (χ0v) is 14.2. The summed E-state index contributed by atoms with van der Waals surface area (Å²) in [5.41, 5.74) is 0.790. The Kier molecular flexibility index (Phi) is 4.22. The lowest BCUT2D eigenvalue weighted by Crippen LogP contribution is -1.96. The molecule has 0 amide bonds. The minimum absolute atomic E-state index is 0.143. The molecule has 114 valence electrons. The van der Waals surface area contributed by atoms with Crippen molar-refractivity contribution in [3.63, 3.8) is 0 Å². The summed E-state index contributed by atoms with van der Waals surface area (Å²) in [6, 6.07) is 7.23. The van der Waals surface area contributed by atoms with E-state index in [1.165, 1.54) is 0 Å². The van der Waals surface area contributed by atoms with Gasteiger partial charge >= 0.3 is 0 Å². The minimum atomic E-state index is 0.143. The SMILES string of the molecule is Cc1cc(-c2nnc(COc3ccc(Br)cc3Cl)o2)c(C)o1. The zero-order chi connectivity index (χ0) is 15.7. The van der Waals surface area contributed by atoms with Crippen LogP contribution in [0.15, 0.2) is 37.6 Å². The van der Waals surface area contributed by atoms with E-state index in [2.05, 4.69) is 26.1 Å². The zero-order valence-electron chi connectivity index (χ0n) is 11.9. The first-order chi connectivity index (χ1) is 10.5. The van der Waals surface area contributed by atoms with E-state index in [-0.39, 0.29) is 6.61 Å². The molecule has 0 saturated carbocycles. The molecule has 0 aliphatic carbocycles. The van der Waals surface area contributed by atoms with Gasteiger partial charge in [0.1, 0.15) is 17.3 Å². The van der Waals surface area contributed by atoms with Gasteiger partial charge in [-0.3, -0.25) is 0 Å². The molecule has 22 heavy (non-hydrogen) atoms. The highest BCUT2D eigenvalue weighted by molar-refractivity contribution is 9.10. The van der Waals surface area contributed by atoms with Gasteiger partial charge in [0.05, 0.1) is 10.6 Å². The molecule has 2 heterocycles. The van der Waals surface area contributed by atoms with Crippen LogP contribution in [-0.2, 0) is 6.61 Å². The molecule has 0 N–H and O–H groups in total. The Hall–Kier alpha value is -1.79. The summed E-state index contributed by atoms with van der Waals surface area (Å²) in [7, 11) is 0. The number of benzene rings is 1. The van der Waals surface area contributed by atoms with Crippen molar-refractivity contribution in [1.29, 1.82) is 0 Å². The second kappa shape index (κ2) is 6.14. The number of halogens is 2. The smallest absolute Gasteiger partial charge is 0.254 e. The van der Waals surface area contributed by atoms with Crippen LogP contribution in [0.1, 0.15) is 17.4 Å². The van der Waals surface area contributed by atoms with Crippen LogP contribution in [0, 0.1) is 13.8 Å². The molecule has 7 heteroatoms. The third-order valence-corrected chi connectivity index (χ3v) is 3.77. The van der Waals surface area contributed by atoms with Crippen molar-refractivity contribution in [2.45, 2.75) is 20.5 Å². The fourth-order valence-corrected chi connectivity index (χ4v) is 2.72. The van der Waals surface area contributed by atoms with Gasteiger partial charge in [0.2, 0.25) is 0 Å². The summed E-state index contributed by atoms with van der Waals surface area (Å²) in [6.07, 6.45) is 0. The molecule has 0 unspecified atom stereocenters. The number of furan rings is 1. The first-order valence-electron chi connectivity index (χ1n) is 6.50. The van der Waals surface area contributed by atoms with Crippen LogP contribution in [0.25, 0.3) is 11.5 Å². The molecular formula is C15H12BrClN2O3. The minimum Gasteiger partial charge on any atom is -0.482 e. The lowest BCUT2D eigenvalue weighted by Gasteiger charge is -2.05. The molecule has 0 bridgehead atoms. The molecule has 5 nitrogen and oxygen atoms in total. The molecule has 0 atom stereocenters. The molecule has 0 aliphatic heterocycles. The summed E-state index contributed by atoms with van der Waals surface area (Å²) >= 11 is 9.43. The molecule has 3 aromatic rings. The molecule has 3 rings (SSSR count). The van der Waals surface area contributed by atoms with Crippen molar-refractivity contribution < 1.29 is 13.6 Å². The molecule has 0 fully saturated rings. The van der Waals surface area contributed by atoms with E-state index in [9.17, 15) is 0 Å². The standard InChI is InChI=1S/C15H12BrClN2O3/c1-8-5-11(9(2)21-8)15-19-18-14(22-15)7-20-13-4-3-10(16)6-12(13)17/h3-6H,7H2,1-2H3. The topological polar surface area (TPSA) is 61.3 Å². The summed E-state index contributed by atoms with van der Waals surface area (Å²) in [5, 5.41) is 8.49. The second-order valence-corrected chi connectivity index (χ2v) is 6.01. The van der Waals surface area contributed by atoms with Gasteiger partial charge in [0.25, 0.3) is 11.8 Å². The van der Waals surface area contributed by atoms with Crippen molar-refractivity contribution >= 4 is 27.5 Å². The monoisotopic (exact) mass is 382 g/mol. The number of aromatic nitrogens is 2. The van der Waals surface area contributed by atoms with Gasteiger partial charge in [0, 0.05) is 4.47 Å². The normalized spacial score (nSPS) is 10.9. The molecule has 2 aromatic heterocycles. The van der Waals surface area contributed by atoms with Gasteiger partial charge in [-0.1, -0.05) is 27.5 Å². The summed E-state index contributed by atoms with van der Waals surface area (Å²) in [5.74, 6) is 2.87.